The van der Waals surface area contributed by atoms with Gasteiger partial charge in [-0.05, 0) is 38.3 Å². The number of carbonyl (C=O) groups is 1. The molecule has 1 heterocycles. The van der Waals surface area contributed by atoms with Gasteiger partial charge >= 0.3 is 5.97 Å². The number of benzene rings is 1. The van der Waals surface area contributed by atoms with Gasteiger partial charge in [0, 0.05) is 13.0 Å². The van der Waals surface area contributed by atoms with Gasteiger partial charge in [0.05, 0.1) is 12.0 Å². The van der Waals surface area contributed by atoms with E-state index in [0.717, 1.165) is 18.4 Å². The van der Waals surface area contributed by atoms with Crippen molar-refractivity contribution in [2.45, 2.75) is 50.5 Å². The maximum Gasteiger partial charge on any atom is 0.328 e. The Kier molecular flexibility index (Phi) is 5.99. The first-order valence-electron chi connectivity index (χ1n) is 8.14. The minimum absolute atomic E-state index is 0.163. The van der Waals surface area contributed by atoms with Crippen molar-refractivity contribution < 1.29 is 17.9 Å². The molecule has 0 amide bonds. The molecule has 1 aliphatic rings. The van der Waals surface area contributed by atoms with Gasteiger partial charge in [0.15, 0.2) is 0 Å². The van der Waals surface area contributed by atoms with E-state index in [1.54, 1.807) is 29.2 Å². The predicted octanol–water partition coefficient (Wildman–Crippen LogP) is 2.52. The van der Waals surface area contributed by atoms with E-state index >= 15 is 0 Å². The molecule has 1 aliphatic heterocycles. The second kappa shape index (κ2) is 7.79. The van der Waals surface area contributed by atoms with Crippen LogP contribution in [0, 0.1) is 6.92 Å². The minimum atomic E-state index is -3.80. The van der Waals surface area contributed by atoms with Crippen LogP contribution in [0.5, 0.6) is 0 Å². The molecule has 6 nitrogen and oxygen atoms in total. The van der Waals surface area contributed by atoms with E-state index in [1.165, 1.54) is 7.11 Å². The zero-order valence-electron chi connectivity index (χ0n) is 14.4. The van der Waals surface area contributed by atoms with Gasteiger partial charge in [-0.3, -0.25) is 0 Å². The lowest BCUT2D eigenvalue weighted by atomic mass is 10.2. The fourth-order valence-electron chi connectivity index (χ4n) is 2.82. The Labute approximate surface area is 143 Å². The van der Waals surface area contributed by atoms with E-state index < -0.39 is 16.1 Å². The van der Waals surface area contributed by atoms with Gasteiger partial charge in [0.2, 0.25) is 0 Å². The number of sulfonamides is 1. The molecule has 2 rings (SSSR count). The molecule has 0 bridgehead atoms. The number of methoxy groups -OCH3 is 1. The molecule has 0 aliphatic carbocycles. The molecule has 1 fully saturated rings. The van der Waals surface area contributed by atoms with Crippen LogP contribution in [0.4, 0.5) is 0 Å². The number of likely N-dealkylation sites (tertiary alicyclic amines) is 1. The second-order valence-corrected chi connectivity index (χ2v) is 7.52. The van der Waals surface area contributed by atoms with Crippen LogP contribution >= 0.6 is 0 Å². The highest BCUT2D eigenvalue weighted by atomic mass is 32.2. The third-order valence-electron chi connectivity index (χ3n) is 4.08. The van der Waals surface area contributed by atoms with Crippen LogP contribution < -0.4 is 0 Å². The van der Waals surface area contributed by atoms with E-state index in [0.29, 0.717) is 25.2 Å². The third kappa shape index (κ3) is 4.14. The number of rotatable bonds is 5. The monoisotopic (exact) mass is 352 g/mol. The fraction of sp³-hybridized carbons (Fsp3) is 0.529. The van der Waals surface area contributed by atoms with Crippen LogP contribution in [-0.4, -0.2) is 44.8 Å². The molecule has 1 aromatic rings. The summed E-state index contributed by atoms with van der Waals surface area (Å²) in [5, 5.41) is 0. The summed E-state index contributed by atoms with van der Waals surface area (Å²) in [6.07, 6.45) is 2.71. The number of nitrogens with zero attached hydrogens (tertiary/aromatic N) is 2. The van der Waals surface area contributed by atoms with Crippen molar-refractivity contribution in [2.75, 3.05) is 13.7 Å². The lowest BCUT2D eigenvalue weighted by molar-refractivity contribution is -0.144. The summed E-state index contributed by atoms with van der Waals surface area (Å²) >= 11 is 0. The molecule has 132 valence electrons. The standard InChI is InChI=1S/C17H24N2O4S/c1-4-6-16(19-12-5-7-15(19)17(20)23-3)18-24(21,22)14-10-8-13(2)9-11-14/h8-11,15H,4-7,12H2,1-3H3/b18-16+/t15-/m1/s1. The number of aryl methyl sites for hydroxylation is 1. The summed E-state index contributed by atoms with van der Waals surface area (Å²) in [7, 11) is -2.45. The van der Waals surface area contributed by atoms with Crippen molar-refractivity contribution in [3.05, 3.63) is 29.8 Å². The number of ether oxygens (including phenoxy) is 1. The van der Waals surface area contributed by atoms with E-state index in [2.05, 4.69) is 4.40 Å². The quantitative estimate of drug-likeness (QED) is 0.462. The van der Waals surface area contributed by atoms with Crippen molar-refractivity contribution in [1.82, 2.24) is 4.90 Å². The van der Waals surface area contributed by atoms with E-state index in [-0.39, 0.29) is 10.9 Å². The lowest BCUT2D eigenvalue weighted by Gasteiger charge is -2.25. The van der Waals surface area contributed by atoms with Crippen molar-refractivity contribution in [3.8, 4) is 0 Å². The SMILES string of the molecule is CCC/C(=N\S(=O)(=O)c1ccc(C)cc1)N1CCC[C@@H]1C(=O)OC. The van der Waals surface area contributed by atoms with Gasteiger partial charge in [0.1, 0.15) is 11.9 Å². The summed E-state index contributed by atoms with van der Waals surface area (Å²) in [6.45, 7) is 4.46. The topological polar surface area (TPSA) is 76.0 Å². The van der Waals surface area contributed by atoms with Crippen molar-refractivity contribution in [2.24, 2.45) is 4.40 Å². The Balaban J connectivity index is 2.36. The maximum absolute atomic E-state index is 12.6. The molecule has 0 unspecified atom stereocenters. The molecule has 0 radical (unpaired) electrons. The van der Waals surface area contributed by atoms with Crippen LogP contribution in [0.1, 0.15) is 38.2 Å². The van der Waals surface area contributed by atoms with E-state index in [4.69, 9.17) is 4.74 Å². The third-order valence-corrected chi connectivity index (χ3v) is 5.39. The Morgan fingerprint density at radius 1 is 1.33 bits per heavy atom. The molecule has 7 heteroatoms. The maximum atomic E-state index is 12.6. The van der Waals surface area contributed by atoms with E-state index in [1.807, 2.05) is 13.8 Å². The average Bonchev–Trinajstić information content (AvgIpc) is 3.03. The zero-order chi connectivity index (χ0) is 17.7. The minimum Gasteiger partial charge on any atom is -0.467 e. The number of esters is 1. The summed E-state index contributed by atoms with van der Waals surface area (Å²) < 4.78 is 34.1. The summed E-state index contributed by atoms with van der Waals surface area (Å²) in [5.74, 6) is 0.0926. The van der Waals surface area contributed by atoms with Gasteiger partial charge < -0.3 is 9.64 Å². The highest BCUT2D eigenvalue weighted by molar-refractivity contribution is 7.90. The summed E-state index contributed by atoms with van der Waals surface area (Å²) in [6, 6.07) is 6.15. The van der Waals surface area contributed by atoms with Crippen molar-refractivity contribution in [1.29, 1.82) is 0 Å². The first-order chi connectivity index (χ1) is 11.4. The van der Waals surface area contributed by atoms with Crippen LogP contribution in [-0.2, 0) is 19.6 Å². The van der Waals surface area contributed by atoms with Crippen LogP contribution in [0.15, 0.2) is 33.6 Å². The lowest BCUT2D eigenvalue weighted by Crippen LogP contribution is -2.41. The molecule has 1 atom stereocenters. The molecule has 0 spiro atoms. The van der Waals surface area contributed by atoms with Gasteiger partial charge in [0.25, 0.3) is 10.0 Å². The molecular weight excluding hydrogens is 328 g/mol. The first-order valence-corrected chi connectivity index (χ1v) is 9.58. The number of carbonyl (C=O) groups excluding carboxylic acids is 1. The Bertz CT molecular complexity index is 711. The average molecular weight is 352 g/mol. The molecular formula is C17H24N2O4S. The van der Waals surface area contributed by atoms with Crippen LogP contribution in [0.3, 0.4) is 0 Å². The molecule has 24 heavy (non-hydrogen) atoms. The van der Waals surface area contributed by atoms with E-state index in [9.17, 15) is 13.2 Å². The van der Waals surface area contributed by atoms with Crippen LogP contribution in [0.2, 0.25) is 0 Å². The van der Waals surface area contributed by atoms with Crippen molar-refractivity contribution >= 4 is 21.8 Å². The molecule has 1 aromatic carbocycles. The molecule has 0 N–H and O–H groups in total. The van der Waals surface area contributed by atoms with Gasteiger partial charge in [-0.25, -0.2) is 4.79 Å². The molecule has 0 aromatic heterocycles. The molecule has 1 saturated heterocycles. The highest BCUT2D eigenvalue weighted by Gasteiger charge is 2.34. The van der Waals surface area contributed by atoms with Crippen LogP contribution in [0.25, 0.3) is 0 Å². The Morgan fingerprint density at radius 2 is 2.00 bits per heavy atom. The predicted molar refractivity (Wildman–Crippen MR) is 92.5 cm³/mol. The number of hydrogen-bond acceptors (Lipinski definition) is 4. The smallest absolute Gasteiger partial charge is 0.328 e. The van der Waals surface area contributed by atoms with Crippen molar-refractivity contribution in [3.63, 3.8) is 0 Å². The normalized spacial score (nSPS) is 18.7. The highest BCUT2D eigenvalue weighted by Crippen LogP contribution is 2.23. The number of hydrogen-bond donors (Lipinski definition) is 0. The second-order valence-electron chi connectivity index (χ2n) is 5.92. The summed E-state index contributed by atoms with van der Waals surface area (Å²) in [4.78, 5) is 13.9. The number of amidine groups is 1. The molecule has 0 saturated carbocycles. The van der Waals surface area contributed by atoms with Gasteiger partial charge in [-0.15, -0.1) is 4.40 Å². The summed E-state index contributed by atoms with van der Waals surface area (Å²) in [5.41, 5.74) is 0.983. The zero-order valence-corrected chi connectivity index (χ0v) is 15.2. The Hall–Kier alpha value is -1.89. The Morgan fingerprint density at radius 3 is 2.58 bits per heavy atom. The fourth-order valence-corrected chi connectivity index (χ4v) is 3.88. The largest absolute Gasteiger partial charge is 0.467 e. The van der Waals surface area contributed by atoms with Gasteiger partial charge in [-0.2, -0.15) is 8.42 Å². The first kappa shape index (κ1) is 18.4. The van der Waals surface area contributed by atoms with Gasteiger partial charge in [-0.1, -0.05) is 24.6 Å².